The Morgan fingerprint density at radius 1 is 1.11 bits per heavy atom. The van der Waals surface area contributed by atoms with E-state index in [0.717, 1.165) is 16.7 Å². The van der Waals surface area contributed by atoms with Crippen molar-refractivity contribution in [3.8, 4) is 5.75 Å². The van der Waals surface area contributed by atoms with Crippen molar-refractivity contribution in [3.63, 3.8) is 0 Å². The average molecular weight is 367 g/mol. The van der Waals surface area contributed by atoms with Gasteiger partial charge in [0.2, 0.25) is 0 Å². The van der Waals surface area contributed by atoms with Gasteiger partial charge in [0, 0.05) is 18.5 Å². The number of hydrogen-bond donors (Lipinski definition) is 1. The second-order valence-corrected chi connectivity index (χ2v) is 7.92. The molecule has 0 saturated heterocycles. The van der Waals surface area contributed by atoms with Crippen LogP contribution in [0.3, 0.4) is 0 Å². The van der Waals surface area contributed by atoms with Crippen LogP contribution < -0.4 is 4.74 Å². The second-order valence-electron chi connectivity index (χ2n) is 7.92. The van der Waals surface area contributed by atoms with Crippen LogP contribution >= 0.6 is 0 Å². The molecule has 1 atom stereocenters. The zero-order valence-corrected chi connectivity index (χ0v) is 16.2. The van der Waals surface area contributed by atoms with Crippen LogP contribution in [0.1, 0.15) is 47.8 Å². The number of fused-ring (bicyclic) bond motifs is 1. The lowest BCUT2D eigenvalue weighted by Crippen LogP contribution is -2.48. The van der Waals surface area contributed by atoms with Crippen molar-refractivity contribution in [1.29, 1.82) is 0 Å². The summed E-state index contributed by atoms with van der Waals surface area (Å²) in [6, 6.07) is 12.1. The molecule has 5 nitrogen and oxygen atoms in total. The van der Waals surface area contributed by atoms with E-state index in [4.69, 9.17) is 4.74 Å². The number of methoxy groups -OCH3 is 1. The molecule has 3 rings (SSSR count). The van der Waals surface area contributed by atoms with Gasteiger partial charge in [-0.2, -0.15) is 0 Å². The van der Waals surface area contributed by atoms with E-state index in [1.807, 2.05) is 30.3 Å². The first-order chi connectivity index (χ1) is 12.7. The molecule has 0 bridgehead atoms. The zero-order valence-electron chi connectivity index (χ0n) is 16.2. The highest BCUT2D eigenvalue weighted by molar-refractivity contribution is 5.97. The number of rotatable bonds is 3. The molecule has 2 aromatic carbocycles. The number of nitrogens with zero attached hydrogens (tertiary/aromatic N) is 1. The smallest absolute Gasteiger partial charge is 0.326 e. The highest BCUT2D eigenvalue weighted by Gasteiger charge is 2.35. The molecular weight excluding hydrogens is 342 g/mol. The third-order valence-corrected chi connectivity index (χ3v) is 5.05. The Labute approximate surface area is 159 Å². The highest BCUT2D eigenvalue weighted by atomic mass is 16.5. The van der Waals surface area contributed by atoms with Crippen LogP contribution in [0.4, 0.5) is 0 Å². The van der Waals surface area contributed by atoms with E-state index in [2.05, 4.69) is 20.8 Å². The van der Waals surface area contributed by atoms with E-state index in [0.29, 0.717) is 17.7 Å². The average Bonchev–Trinajstić information content (AvgIpc) is 2.65. The summed E-state index contributed by atoms with van der Waals surface area (Å²) in [6.07, 6.45) is 0.314. The summed E-state index contributed by atoms with van der Waals surface area (Å²) in [5.74, 6) is -0.649. The lowest BCUT2D eigenvalue weighted by Gasteiger charge is -2.34. The van der Waals surface area contributed by atoms with E-state index in [1.165, 1.54) is 4.90 Å². The normalized spacial score (nSPS) is 16.6. The number of carboxylic acid groups (broad SMARTS) is 1. The molecule has 0 aliphatic carbocycles. The molecule has 0 radical (unpaired) electrons. The monoisotopic (exact) mass is 367 g/mol. The molecule has 2 aromatic rings. The fourth-order valence-corrected chi connectivity index (χ4v) is 3.57. The summed E-state index contributed by atoms with van der Waals surface area (Å²) in [4.78, 5) is 26.4. The Morgan fingerprint density at radius 3 is 2.37 bits per heavy atom. The van der Waals surface area contributed by atoms with Crippen LogP contribution in [0.25, 0.3) is 0 Å². The Balaban J connectivity index is 1.98. The first-order valence-corrected chi connectivity index (χ1v) is 9.01. The van der Waals surface area contributed by atoms with Crippen molar-refractivity contribution >= 4 is 11.9 Å². The van der Waals surface area contributed by atoms with Gasteiger partial charge in [-0.1, -0.05) is 51.1 Å². The lowest BCUT2D eigenvalue weighted by molar-refractivity contribution is -0.142. The van der Waals surface area contributed by atoms with Crippen LogP contribution in [0.15, 0.2) is 42.5 Å². The SMILES string of the molecule is COc1cc(C(=O)N2Cc3ccccc3CC2C(=O)O)ccc1C(C)(C)C. The van der Waals surface area contributed by atoms with Crippen molar-refractivity contribution in [2.75, 3.05) is 7.11 Å². The number of benzene rings is 2. The van der Waals surface area contributed by atoms with Crippen LogP contribution in [0, 0.1) is 0 Å². The maximum absolute atomic E-state index is 13.2. The predicted octanol–water partition coefficient (Wildman–Crippen LogP) is 3.64. The number of carbonyl (C=O) groups is 2. The molecule has 5 heteroatoms. The molecule has 1 unspecified atom stereocenters. The van der Waals surface area contributed by atoms with Crippen LogP contribution in [-0.4, -0.2) is 35.0 Å². The van der Waals surface area contributed by atoms with Gasteiger partial charge < -0.3 is 14.7 Å². The maximum atomic E-state index is 13.2. The van der Waals surface area contributed by atoms with Gasteiger partial charge in [-0.3, -0.25) is 4.79 Å². The Bertz CT molecular complexity index is 882. The number of ether oxygens (including phenoxy) is 1. The molecule has 1 aliphatic heterocycles. The van der Waals surface area contributed by atoms with E-state index >= 15 is 0 Å². The molecule has 0 saturated carbocycles. The molecule has 1 heterocycles. The highest BCUT2D eigenvalue weighted by Crippen LogP contribution is 2.33. The first-order valence-electron chi connectivity index (χ1n) is 9.01. The summed E-state index contributed by atoms with van der Waals surface area (Å²) >= 11 is 0. The minimum atomic E-state index is -0.990. The summed E-state index contributed by atoms with van der Waals surface area (Å²) in [6.45, 7) is 6.52. The van der Waals surface area contributed by atoms with Crippen LogP contribution in [-0.2, 0) is 23.2 Å². The number of aliphatic carboxylic acids is 1. The van der Waals surface area contributed by atoms with Crippen LogP contribution in [0.5, 0.6) is 5.75 Å². The third kappa shape index (κ3) is 3.68. The molecule has 142 valence electrons. The van der Waals surface area contributed by atoms with Crippen molar-refractivity contribution in [1.82, 2.24) is 4.90 Å². The van der Waals surface area contributed by atoms with E-state index in [-0.39, 0.29) is 17.9 Å². The fraction of sp³-hybridized carbons (Fsp3) is 0.364. The zero-order chi connectivity index (χ0) is 19.8. The Hall–Kier alpha value is -2.82. The summed E-state index contributed by atoms with van der Waals surface area (Å²) < 4.78 is 5.49. The standard InChI is InChI=1S/C22H25NO4/c1-22(2,3)17-10-9-15(12-19(17)27-4)20(24)23-13-16-8-6-5-7-14(16)11-18(23)21(25)26/h5-10,12,18H,11,13H2,1-4H3,(H,25,26). The number of hydrogen-bond acceptors (Lipinski definition) is 3. The molecule has 1 N–H and O–H groups in total. The molecule has 0 spiro atoms. The van der Waals surface area contributed by atoms with Gasteiger partial charge in [0.25, 0.3) is 5.91 Å². The first kappa shape index (κ1) is 19.0. The molecule has 27 heavy (non-hydrogen) atoms. The Kier molecular flexibility index (Phi) is 4.96. The van der Waals surface area contributed by atoms with Gasteiger partial charge in [0.05, 0.1) is 7.11 Å². The van der Waals surface area contributed by atoms with Gasteiger partial charge in [-0.05, 0) is 34.2 Å². The number of carboxylic acids is 1. The molecule has 0 aromatic heterocycles. The van der Waals surface area contributed by atoms with Gasteiger partial charge in [-0.15, -0.1) is 0 Å². The van der Waals surface area contributed by atoms with Crippen molar-refractivity contribution < 1.29 is 19.4 Å². The topological polar surface area (TPSA) is 66.8 Å². The molecule has 1 aliphatic rings. The summed E-state index contributed by atoms with van der Waals surface area (Å²) in [7, 11) is 1.58. The fourth-order valence-electron chi connectivity index (χ4n) is 3.57. The van der Waals surface area contributed by atoms with Crippen molar-refractivity contribution in [2.24, 2.45) is 0 Å². The summed E-state index contributed by atoms with van der Waals surface area (Å²) in [5, 5.41) is 9.66. The molecule has 0 fully saturated rings. The van der Waals surface area contributed by atoms with Gasteiger partial charge in [-0.25, -0.2) is 4.79 Å². The van der Waals surface area contributed by atoms with Gasteiger partial charge >= 0.3 is 5.97 Å². The van der Waals surface area contributed by atoms with Crippen molar-refractivity contribution in [2.45, 2.75) is 45.2 Å². The minimum Gasteiger partial charge on any atom is -0.496 e. The van der Waals surface area contributed by atoms with E-state index in [9.17, 15) is 14.7 Å². The lowest BCUT2D eigenvalue weighted by atomic mass is 9.85. The summed E-state index contributed by atoms with van der Waals surface area (Å²) in [5.41, 5.74) is 3.28. The van der Waals surface area contributed by atoms with Gasteiger partial charge in [0.1, 0.15) is 11.8 Å². The third-order valence-electron chi connectivity index (χ3n) is 5.05. The van der Waals surface area contributed by atoms with Crippen LogP contribution in [0.2, 0.25) is 0 Å². The van der Waals surface area contributed by atoms with E-state index < -0.39 is 12.0 Å². The predicted molar refractivity (Wildman–Crippen MR) is 103 cm³/mol. The molecule has 1 amide bonds. The molecular formula is C22H25NO4. The maximum Gasteiger partial charge on any atom is 0.326 e. The quantitative estimate of drug-likeness (QED) is 0.899. The second kappa shape index (κ2) is 7.06. The van der Waals surface area contributed by atoms with E-state index in [1.54, 1.807) is 19.2 Å². The Morgan fingerprint density at radius 2 is 1.78 bits per heavy atom. The number of amides is 1. The van der Waals surface area contributed by atoms with Gasteiger partial charge in [0.15, 0.2) is 0 Å². The largest absolute Gasteiger partial charge is 0.496 e. The van der Waals surface area contributed by atoms with Crippen molar-refractivity contribution in [3.05, 3.63) is 64.7 Å². The number of carbonyl (C=O) groups excluding carboxylic acids is 1. The minimum absolute atomic E-state index is 0.124.